The van der Waals surface area contributed by atoms with Crippen molar-refractivity contribution in [3.05, 3.63) is 60.7 Å². The molecule has 0 aliphatic rings. The molecule has 0 heterocycles. The van der Waals surface area contributed by atoms with Gasteiger partial charge >= 0.3 is 0 Å². The maximum absolute atomic E-state index is 12.3. The van der Waals surface area contributed by atoms with Crippen LogP contribution >= 0.6 is 23.2 Å². The smallest absolute Gasteiger partial charge is 0.207 e. The summed E-state index contributed by atoms with van der Waals surface area (Å²) in [7, 11) is -8.01. The van der Waals surface area contributed by atoms with Crippen LogP contribution in [0.3, 0.4) is 0 Å². The Labute approximate surface area is 150 Å². The molecule has 0 unspecified atom stereocenters. The van der Waals surface area contributed by atoms with Gasteiger partial charge in [-0.2, -0.15) is 9.44 Å². The van der Waals surface area contributed by atoms with Crippen LogP contribution in [-0.4, -0.2) is 27.8 Å². The first-order chi connectivity index (χ1) is 11.2. The number of alkyl halides is 2. The quantitative estimate of drug-likeness (QED) is 0.541. The van der Waals surface area contributed by atoms with E-state index >= 15 is 0 Å². The summed E-state index contributed by atoms with van der Waals surface area (Å²) in [6.07, 6.45) is -1.44. The van der Waals surface area contributed by atoms with Crippen molar-refractivity contribution in [2.75, 3.05) is 0 Å². The maximum atomic E-state index is 12.3. The van der Waals surface area contributed by atoms with Crippen LogP contribution in [0.1, 0.15) is 0 Å². The van der Waals surface area contributed by atoms with Crippen molar-refractivity contribution in [2.45, 2.75) is 20.8 Å². The zero-order chi connectivity index (χ0) is 17.8. The minimum absolute atomic E-state index is 0.0390. The Bertz CT molecular complexity index is 802. The fraction of sp³-hybridized carbons (Fsp3) is 0.143. The monoisotopic (exact) mass is 408 g/mol. The van der Waals surface area contributed by atoms with Gasteiger partial charge in [0.15, 0.2) is 0 Å². The molecule has 0 amide bonds. The average molecular weight is 409 g/mol. The van der Waals surface area contributed by atoms with E-state index < -0.39 is 31.0 Å². The van der Waals surface area contributed by atoms with Gasteiger partial charge in [-0.15, -0.1) is 23.2 Å². The normalized spacial score (nSPS) is 12.7. The minimum Gasteiger partial charge on any atom is -0.207 e. The van der Waals surface area contributed by atoms with E-state index in [2.05, 4.69) is 9.44 Å². The molecule has 0 fully saturated rings. The first kappa shape index (κ1) is 19.2. The van der Waals surface area contributed by atoms with E-state index in [1.807, 2.05) is 0 Å². The molecule has 0 aliphatic heterocycles. The number of sulfonamides is 2. The third-order valence-corrected chi connectivity index (χ3v) is 6.34. The molecule has 130 valence electrons. The van der Waals surface area contributed by atoms with Gasteiger partial charge in [0.25, 0.3) is 0 Å². The topological polar surface area (TPSA) is 92.3 Å². The van der Waals surface area contributed by atoms with Gasteiger partial charge in [0.2, 0.25) is 20.0 Å². The van der Waals surface area contributed by atoms with Gasteiger partial charge in [-0.3, -0.25) is 0 Å². The van der Waals surface area contributed by atoms with E-state index in [1.165, 1.54) is 48.5 Å². The molecular formula is C14H14Cl2N2O4S2. The second-order valence-electron chi connectivity index (χ2n) is 4.68. The van der Waals surface area contributed by atoms with Crippen molar-refractivity contribution in [2.24, 2.45) is 0 Å². The number of benzene rings is 2. The summed E-state index contributed by atoms with van der Waals surface area (Å²) in [6.45, 7) is 0. The highest BCUT2D eigenvalue weighted by atomic mass is 35.5. The summed E-state index contributed by atoms with van der Waals surface area (Å²) in [4.78, 5) is -1.42. The molecule has 6 nitrogen and oxygen atoms in total. The Balaban J connectivity index is 2.25. The number of halogens is 2. The van der Waals surface area contributed by atoms with Gasteiger partial charge in [0, 0.05) is 0 Å². The fourth-order valence-corrected chi connectivity index (χ4v) is 4.78. The van der Waals surface area contributed by atoms with E-state index in [1.54, 1.807) is 12.1 Å². The molecule has 0 bridgehead atoms. The van der Waals surface area contributed by atoms with Gasteiger partial charge in [-0.1, -0.05) is 36.4 Å². The SMILES string of the molecule is O=S(=O)(NC(NS(=O)(=O)c1ccccc1)C(Cl)Cl)c1ccccc1. The van der Waals surface area contributed by atoms with Gasteiger partial charge in [0.1, 0.15) is 11.0 Å². The summed E-state index contributed by atoms with van der Waals surface area (Å²) in [5.41, 5.74) is 0. The highest BCUT2D eigenvalue weighted by Crippen LogP contribution is 2.15. The van der Waals surface area contributed by atoms with Gasteiger partial charge in [-0.05, 0) is 24.3 Å². The van der Waals surface area contributed by atoms with E-state index in [-0.39, 0.29) is 9.79 Å². The summed E-state index contributed by atoms with van der Waals surface area (Å²) in [6, 6.07) is 14.9. The standard InChI is InChI=1S/C14H14Cl2N2O4S2/c15-13(16)14(17-23(19,20)11-7-3-1-4-8-11)18-24(21,22)12-9-5-2-6-10-12/h1-10,13-14,17-18H. The lowest BCUT2D eigenvalue weighted by Crippen LogP contribution is -2.51. The van der Waals surface area contributed by atoms with E-state index in [0.29, 0.717) is 0 Å². The Morgan fingerprint density at radius 2 is 1.00 bits per heavy atom. The Kier molecular flexibility index (Phi) is 6.24. The number of hydrogen-bond acceptors (Lipinski definition) is 4. The van der Waals surface area contributed by atoms with Gasteiger partial charge in [-0.25, -0.2) is 16.8 Å². The third kappa shape index (κ3) is 4.92. The van der Waals surface area contributed by atoms with E-state index in [0.717, 1.165) is 0 Å². The van der Waals surface area contributed by atoms with Crippen LogP contribution in [0.4, 0.5) is 0 Å². The Morgan fingerprint density at radius 3 is 1.29 bits per heavy atom. The second kappa shape index (κ2) is 7.81. The second-order valence-corrected chi connectivity index (χ2v) is 9.27. The zero-order valence-electron chi connectivity index (χ0n) is 12.1. The largest absolute Gasteiger partial charge is 0.242 e. The summed E-state index contributed by atoms with van der Waals surface area (Å²) in [5.74, 6) is 0. The molecule has 0 aliphatic carbocycles. The van der Waals surface area contributed by atoms with Crippen molar-refractivity contribution < 1.29 is 16.8 Å². The molecule has 0 saturated carbocycles. The first-order valence-corrected chi connectivity index (χ1v) is 10.5. The predicted molar refractivity (Wildman–Crippen MR) is 92.8 cm³/mol. The van der Waals surface area contributed by atoms with Crippen LogP contribution in [0.25, 0.3) is 0 Å². The highest BCUT2D eigenvalue weighted by Gasteiger charge is 2.29. The molecular weight excluding hydrogens is 395 g/mol. The maximum Gasteiger partial charge on any atom is 0.242 e. The molecule has 0 atom stereocenters. The number of rotatable bonds is 7. The molecule has 0 aromatic heterocycles. The number of nitrogens with one attached hydrogen (secondary N) is 2. The Morgan fingerprint density at radius 1 is 0.667 bits per heavy atom. The van der Waals surface area contributed by atoms with Crippen LogP contribution < -0.4 is 9.44 Å². The Hall–Kier alpha value is -1.16. The van der Waals surface area contributed by atoms with E-state index in [4.69, 9.17) is 23.2 Å². The van der Waals surface area contributed by atoms with Crippen LogP contribution in [0.2, 0.25) is 0 Å². The highest BCUT2D eigenvalue weighted by molar-refractivity contribution is 7.90. The van der Waals surface area contributed by atoms with Crippen LogP contribution in [0.5, 0.6) is 0 Å². The van der Waals surface area contributed by atoms with Crippen molar-refractivity contribution in [3.8, 4) is 0 Å². The fourth-order valence-electron chi connectivity index (χ4n) is 1.80. The minimum atomic E-state index is -4.00. The molecule has 0 spiro atoms. The third-order valence-electron chi connectivity index (χ3n) is 2.92. The molecule has 2 aromatic carbocycles. The van der Waals surface area contributed by atoms with Crippen molar-refractivity contribution in [3.63, 3.8) is 0 Å². The summed E-state index contributed by atoms with van der Waals surface area (Å²) < 4.78 is 53.5. The van der Waals surface area contributed by atoms with Crippen LogP contribution in [-0.2, 0) is 20.0 Å². The lowest BCUT2D eigenvalue weighted by Gasteiger charge is -2.21. The lowest BCUT2D eigenvalue weighted by atomic mass is 10.4. The predicted octanol–water partition coefficient (Wildman–Crippen LogP) is 2.07. The molecule has 10 heteroatoms. The van der Waals surface area contributed by atoms with E-state index in [9.17, 15) is 16.8 Å². The molecule has 2 aromatic rings. The van der Waals surface area contributed by atoms with Crippen molar-refractivity contribution in [1.29, 1.82) is 0 Å². The molecule has 24 heavy (non-hydrogen) atoms. The molecule has 0 radical (unpaired) electrons. The average Bonchev–Trinajstić information content (AvgIpc) is 2.55. The first-order valence-electron chi connectivity index (χ1n) is 6.65. The lowest BCUT2D eigenvalue weighted by molar-refractivity contribution is 0.528. The molecule has 2 rings (SSSR count). The zero-order valence-corrected chi connectivity index (χ0v) is 15.3. The summed E-state index contributed by atoms with van der Waals surface area (Å²) in [5, 5.41) is 0. The van der Waals surface area contributed by atoms with Gasteiger partial charge in [0.05, 0.1) is 9.79 Å². The number of hydrogen-bond donors (Lipinski definition) is 2. The van der Waals surface area contributed by atoms with Crippen LogP contribution in [0.15, 0.2) is 70.5 Å². The summed E-state index contributed by atoms with van der Waals surface area (Å²) >= 11 is 11.5. The molecule has 0 saturated heterocycles. The van der Waals surface area contributed by atoms with Gasteiger partial charge < -0.3 is 0 Å². The van der Waals surface area contributed by atoms with Crippen molar-refractivity contribution >= 4 is 43.2 Å². The molecule has 2 N–H and O–H groups in total. The van der Waals surface area contributed by atoms with Crippen molar-refractivity contribution in [1.82, 2.24) is 9.44 Å². The van der Waals surface area contributed by atoms with Crippen LogP contribution in [0, 0.1) is 0 Å².